The molecule has 0 aromatic heterocycles. The number of hydrogen-bond donors (Lipinski definition) is 2. The van der Waals surface area contributed by atoms with Crippen LogP contribution in [0, 0.1) is 5.92 Å². The average Bonchev–Trinajstić information content (AvgIpc) is 2.39. The standard InChI is InChI=1S/C14H20ClN3O2/c1-8(2)12(16)13(19)17-11-7-9(5-6-10(11)15)14(20)18(3)4/h5-8,12H,16H2,1-4H3,(H,17,19)/t12-/m0/s1. The molecule has 0 radical (unpaired) electrons. The van der Waals surface area contributed by atoms with Crippen LogP contribution in [0.2, 0.25) is 5.02 Å². The largest absolute Gasteiger partial charge is 0.345 e. The first-order valence-electron chi connectivity index (χ1n) is 6.31. The Labute approximate surface area is 124 Å². The van der Waals surface area contributed by atoms with E-state index in [0.29, 0.717) is 16.3 Å². The van der Waals surface area contributed by atoms with Crippen molar-refractivity contribution in [2.24, 2.45) is 11.7 Å². The molecule has 6 heteroatoms. The van der Waals surface area contributed by atoms with E-state index in [4.69, 9.17) is 17.3 Å². The lowest BCUT2D eigenvalue weighted by molar-refractivity contribution is -0.118. The van der Waals surface area contributed by atoms with Crippen molar-refractivity contribution in [1.82, 2.24) is 4.90 Å². The molecule has 3 N–H and O–H groups in total. The Kier molecular flexibility index (Phi) is 5.53. The molecule has 0 saturated heterocycles. The van der Waals surface area contributed by atoms with Crippen LogP contribution in [0.5, 0.6) is 0 Å². The van der Waals surface area contributed by atoms with Crippen LogP contribution in [0.1, 0.15) is 24.2 Å². The van der Waals surface area contributed by atoms with Gasteiger partial charge >= 0.3 is 0 Å². The van der Waals surface area contributed by atoms with Crippen LogP contribution < -0.4 is 11.1 Å². The monoisotopic (exact) mass is 297 g/mol. The molecular weight excluding hydrogens is 278 g/mol. The molecule has 1 rings (SSSR count). The van der Waals surface area contributed by atoms with E-state index in [1.54, 1.807) is 32.3 Å². The van der Waals surface area contributed by atoms with Gasteiger partial charge in [0, 0.05) is 19.7 Å². The molecule has 0 heterocycles. The summed E-state index contributed by atoms with van der Waals surface area (Å²) in [5.74, 6) is -0.470. The van der Waals surface area contributed by atoms with E-state index in [1.165, 1.54) is 4.90 Å². The van der Waals surface area contributed by atoms with Crippen LogP contribution in [-0.4, -0.2) is 36.9 Å². The van der Waals surface area contributed by atoms with E-state index >= 15 is 0 Å². The van der Waals surface area contributed by atoms with E-state index in [1.807, 2.05) is 13.8 Å². The molecule has 0 spiro atoms. The van der Waals surface area contributed by atoms with Crippen molar-refractivity contribution in [3.05, 3.63) is 28.8 Å². The maximum absolute atomic E-state index is 11.9. The molecule has 0 aliphatic carbocycles. The molecule has 5 nitrogen and oxygen atoms in total. The summed E-state index contributed by atoms with van der Waals surface area (Å²) in [4.78, 5) is 25.3. The molecule has 0 fully saturated rings. The Morgan fingerprint density at radius 1 is 1.30 bits per heavy atom. The highest BCUT2D eigenvalue weighted by molar-refractivity contribution is 6.34. The van der Waals surface area contributed by atoms with Crippen LogP contribution in [0.4, 0.5) is 5.69 Å². The number of nitrogens with zero attached hydrogens (tertiary/aromatic N) is 1. The topological polar surface area (TPSA) is 75.4 Å². The van der Waals surface area contributed by atoms with Crippen molar-refractivity contribution in [3.63, 3.8) is 0 Å². The van der Waals surface area contributed by atoms with Crippen molar-refractivity contribution in [1.29, 1.82) is 0 Å². The number of carbonyl (C=O) groups is 2. The zero-order valence-electron chi connectivity index (χ0n) is 12.1. The summed E-state index contributed by atoms with van der Waals surface area (Å²) in [5, 5.41) is 3.02. The molecule has 1 atom stereocenters. The molecule has 110 valence electrons. The number of amides is 2. The summed E-state index contributed by atoms with van der Waals surface area (Å²) in [6, 6.07) is 4.12. The normalized spacial score (nSPS) is 12.2. The zero-order chi connectivity index (χ0) is 15.4. The van der Waals surface area contributed by atoms with Crippen LogP contribution in [-0.2, 0) is 4.79 Å². The number of carbonyl (C=O) groups excluding carboxylic acids is 2. The van der Waals surface area contributed by atoms with E-state index in [2.05, 4.69) is 5.32 Å². The van der Waals surface area contributed by atoms with Crippen molar-refractivity contribution in [3.8, 4) is 0 Å². The van der Waals surface area contributed by atoms with E-state index in [-0.39, 0.29) is 17.7 Å². The maximum atomic E-state index is 11.9. The predicted molar refractivity (Wildman–Crippen MR) is 80.9 cm³/mol. The number of hydrogen-bond acceptors (Lipinski definition) is 3. The summed E-state index contributed by atoms with van der Waals surface area (Å²) >= 11 is 6.03. The van der Waals surface area contributed by atoms with E-state index in [0.717, 1.165) is 0 Å². The van der Waals surface area contributed by atoms with Gasteiger partial charge in [0.25, 0.3) is 5.91 Å². The van der Waals surface area contributed by atoms with Crippen molar-refractivity contribution in [2.75, 3.05) is 19.4 Å². The quantitative estimate of drug-likeness (QED) is 0.892. The first-order valence-corrected chi connectivity index (χ1v) is 6.69. The second-order valence-electron chi connectivity index (χ2n) is 5.15. The second-order valence-corrected chi connectivity index (χ2v) is 5.56. The number of halogens is 1. The van der Waals surface area contributed by atoms with Crippen LogP contribution in [0.3, 0.4) is 0 Å². The van der Waals surface area contributed by atoms with Crippen molar-refractivity contribution >= 4 is 29.1 Å². The van der Waals surface area contributed by atoms with Gasteiger partial charge in [0.15, 0.2) is 0 Å². The van der Waals surface area contributed by atoms with Gasteiger partial charge in [0.1, 0.15) is 0 Å². The highest BCUT2D eigenvalue weighted by Crippen LogP contribution is 2.24. The molecular formula is C14H20ClN3O2. The van der Waals surface area contributed by atoms with E-state index < -0.39 is 6.04 Å². The number of rotatable bonds is 4. The lowest BCUT2D eigenvalue weighted by Crippen LogP contribution is -2.39. The summed E-state index contributed by atoms with van der Waals surface area (Å²) < 4.78 is 0. The highest BCUT2D eigenvalue weighted by Gasteiger charge is 2.19. The van der Waals surface area contributed by atoms with Crippen LogP contribution in [0.25, 0.3) is 0 Å². The Balaban J connectivity index is 2.98. The summed E-state index contributed by atoms with van der Waals surface area (Å²) in [6.07, 6.45) is 0. The second kappa shape index (κ2) is 6.72. The Morgan fingerprint density at radius 2 is 1.90 bits per heavy atom. The van der Waals surface area contributed by atoms with E-state index in [9.17, 15) is 9.59 Å². The Morgan fingerprint density at radius 3 is 2.40 bits per heavy atom. The summed E-state index contributed by atoms with van der Waals surface area (Å²) in [5.41, 5.74) is 6.61. The number of benzene rings is 1. The van der Waals surface area contributed by atoms with Crippen molar-refractivity contribution in [2.45, 2.75) is 19.9 Å². The predicted octanol–water partition coefficient (Wildman–Crippen LogP) is 1.96. The fourth-order valence-corrected chi connectivity index (χ4v) is 1.70. The van der Waals surface area contributed by atoms with Crippen LogP contribution >= 0.6 is 11.6 Å². The Bertz CT molecular complexity index is 515. The smallest absolute Gasteiger partial charge is 0.253 e. The molecule has 0 unspecified atom stereocenters. The number of nitrogens with two attached hydrogens (primary N) is 1. The molecule has 0 aliphatic rings. The molecule has 1 aromatic rings. The highest BCUT2D eigenvalue weighted by atomic mass is 35.5. The van der Waals surface area contributed by atoms with Crippen molar-refractivity contribution < 1.29 is 9.59 Å². The lowest BCUT2D eigenvalue weighted by atomic mass is 10.0. The lowest BCUT2D eigenvalue weighted by Gasteiger charge is -2.17. The van der Waals surface area contributed by atoms with Gasteiger partial charge in [0.2, 0.25) is 5.91 Å². The summed E-state index contributed by atoms with van der Waals surface area (Å²) in [7, 11) is 3.31. The third kappa shape index (κ3) is 3.95. The minimum absolute atomic E-state index is 0.0142. The SMILES string of the molecule is CC(C)[C@H](N)C(=O)Nc1cc(C(=O)N(C)C)ccc1Cl. The third-order valence-electron chi connectivity index (χ3n) is 2.90. The number of nitrogens with one attached hydrogen (secondary N) is 1. The maximum Gasteiger partial charge on any atom is 0.253 e. The number of anilines is 1. The van der Waals surface area contributed by atoms with Gasteiger partial charge in [-0.2, -0.15) is 0 Å². The zero-order valence-corrected chi connectivity index (χ0v) is 12.9. The van der Waals surface area contributed by atoms with Gasteiger partial charge in [-0.15, -0.1) is 0 Å². The third-order valence-corrected chi connectivity index (χ3v) is 3.23. The Hall–Kier alpha value is -1.59. The fraction of sp³-hybridized carbons (Fsp3) is 0.429. The van der Waals surface area contributed by atoms with Gasteiger partial charge in [0.05, 0.1) is 16.8 Å². The molecule has 1 aromatic carbocycles. The van der Waals surface area contributed by atoms with Gasteiger partial charge in [-0.05, 0) is 24.1 Å². The van der Waals surface area contributed by atoms with Gasteiger partial charge in [-0.1, -0.05) is 25.4 Å². The molecule has 2 amide bonds. The average molecular weight is 298 g/mol. The summed E-state index contributed by atoms with van der Waals surface area (Å²) in [6.45, 7) is 3.72. The molecule has 0 saturated carbocycles. The fourth-order valence-electron chi connectivity index (χ4n) is 1.53. The minimum Gasteiger partial charge on any atom is -0.345 e. The van der Waals surface area contributed by atoms with Crippen LogP contribution in [0.15, 0.2) is 18.2 Å². The minimum atomic E-state index is -0.626. The van der Waals surface area contributed by atoms with Gasteiger partial charge in [-0.3, -0.25) is 9.59 Å². The molecule has 20 heavy (non-hydrogen) atoms. The first kappa shape index (κ1) is 16.5. The molecule has 0 bridgehead atoms. The first-order chi connectivity index (χ1) is 9.23. The van der Waals surface area contributed by atoms with Gasteiger partial charge in [-0.25, -0.2) is 0 Å². The van der Waals surface area contributed by atoms with Gasteiger partial charge < -0.3 is 16.0 Å². The molecule has 0 aliphatic heterocycles.